The highest BCUT2D eigenvalue weighted by Gasteiger charge is 2.27. The average Bonchev–Trinajstić information content (AvgIpc) is 2.83. The Morgan fingerprint density at radius 2 is 1.81 bits per heavy atom. The van der Waals surface area contributed by atoms with Crippen LogP contribution in [-0.2, 0) is 0 Å². The minimum atomic E-state index is 0.253. The maximum Gasteiger partial charge on any atom is 0.0582 e. The molecule has 2 aliphatic rings. The molecule has 1 atom stereocenters. The topological polar surface area (TPSA) is 35.5 Å². The van der Waals surface area contributed by atoms with Gasteiger partial charge in [0.05, 0.1) is 6.61 Å². The summed E-state index contributed by atoms with van der Waals surface area (Å²) >= 11 is 0. The monoisotopic (exact) mass is 226 g/mol. The Kier molecular flexibility index (Phi) is 4.62. The quantitative estimate of drug-likeness (QED) is 0.760. The highest BCUT2D eigenvalue weighted by Crippen LogP contribution is 2.26. The fourth-order valence-corrected chi connectivity index (χ4v) is 3.16. The Balaban J connectivity index is 1.69. The molecule has 1 saturated carbocycles. The van der Waals surface area contributed by atoms with Crippen LogP contribution in [0.2, 0.25) is 0 Å². The van der Waals surface area contributed by atoms with E-state index in [2.05, 4.69) is 17.1 Å². The van der Waals surface area contributed by atoms with Gasteiger partial charge in [-0.05, 0) is 45.7 Å². The third-order valence-corrected chi connectivity index (χ3v) is 4.16. The first-order valence-electron chi connectivity index (χ1n) is 6.90. The standard InChI is InChI=1S/C13H26N2O/c1-11(10-16)14-12-6-8-15(9-7-12)13-4-2-3-5-13/h11-14,16H,2-10H2,1H3. The van der Waals surface area contributed by atoms with Gasteiger partial charge in [0.2, 0.25) is 0 Å². The average molecular weight is 226 g/mol. The van der Waals surface area contributed by atoms with E-state index < -0.39 is 0 Å². The molecule has 3 heteroatoms. The molecule has 94 valence electrons. The molecule has 0 aromatic rings. The van der Waals surface area contributed by atoms with Crippen LogP contribution in [0.25, 0.3) is 0 Å². The van der Waals surface area contributed by atoms with Gasteiger partial charge in [0, 0.05) is 18.1 Å². The van der Waals surface area contributed by atoms with Gasteiger partial charge in [-0.1, -0.05) is 12.8 Å². The number of nitrogens with zero attached hydrogens (tertiary/aromatic N) is 1. The lowest BCUT2D eigenvalue weighted by molar-refractivity contribution is 0.135. The van der Waals surface area contributed by atoms with E-state index in [0.29, 0.717) is 6.04 Å². The molecule has 0 radical (unpaired) electrons. The van der Waals surface area contributed by atoms with E-state index in [1.165, 1.54) is 51.6 Å². The van der Waals surface area contributed by atoms with Crippen molar-refractivity contribution in [3.05, 3.63) is 0 Å². The van der Waals surface area contributed by atoms with Crippen LogP contribution in [0, 0.1) is 0 Å². The predicted octanol–water partition coefficient (Wildman–Crippen LogP) is 1.36. The van der Waals surface area contributed by atoms with Gasteiger partial charge in [-0.2, -0.15) is 0 Å². The third-order valence-electron chi connectivity index (χ3n) is 4.16. The third kappa shape index (κ3) is 3.19. The minimum absolute atomic E-state index is 0.253. The number of aliphatic hydroxyl groups excluding tert-OH is 1. The lowest BCUT2D eigenvalue weighted by atomic mass is 10.0. The first-order chi connectivity index (χ1) is 7.79. The first-order valence-corrected chi connectivity index (χ1v) is 6.90. The Morgan fingerprint density at radius 3 is 2.38 bits per heavy atom. The predicted molar refractivity (Wildman–Crippen MR) is 66.5 cm³/mol. The molecule has 0 amide bonds. The van der Waals surface area contributed by atoms with Gasteiger partial charge < -0.3 is 15.3 Å². The van der Waals surface area contributed by atoms with Gasteiger partial charge >= 0.3 is 0 Å². The van der Waals surface area contributed by atoms with Crippen LogP contribution < -0.4 is 5.32 Å². The molecule has 0 aromatic carbocycles. The van der Waals surface area contributed by atoms with Crippen molar-refractivity contribution in [1.82, 2.24) is 10.2 Å². The number of rotatable bonds is 4. The second kappa shape index (κ2) is 5.99. The zero-order chi connectivity index (χ0) is 11.4. The van der Waals surface area contributed by atoms with Crippen LogP contribution in [0.15, 0.2) is 0 Å². The largest absolute Gasteiger partial charge is 0.395 e. The van der Waals surface area contributed by atoms with Gasteiger partial charge in [0.15, 0.2) is 0 Å². The summed E-state index contributed by atoms with van der Waals surface area (Å²) in [6.07, 6.45) is 8.22. The molecule has 1 unspecified atom stereocenters. The van der Waals surface area contributed by atoms with Gasteiger partial charge in [-0.3, -0.25) is 0 Å². The summed E-state index contributed by atoms with van der Waals surface area (Å²) in [5.41, 5.74) is 0. The molecule has 2 rings (SSSR count). The van der Waals surface area contributed by atoms with E-state index in [4.69, 9.17) is 5.11 Å². The SMILES string of the molecule is CC(CO)NC1CCN(C2CCCC2)CC1. The fraction of sp³-hybridized carbons (Fsp3) is 1.00. The summed E-state index contributed by atoms with van der Waals surface area (Å²) in [7, 11) is 0. The van der Waals surface area contributed by atoms with Gasteiger partial charge in [-0.25, -0.2) is 0 Å². The second-order valence-corrected chi connectivity index (χ2v) is 5.50. The first kappa shape index (κ1) is 12.3. The van der Waals surface area contributed by atoms with Crippen molar-refractivity contribution in [1.29, 1.82) is 0 Å². The summed E-state index contributed by atoms with van der Waals surface area (Å²) in [6.45, 7) is 4.81. The molecule has 16 heavy (non-hydrogen) atoms. The van der Waals surface area contributed by atoms with Gasteiger partial charge in [0.25, 0.3) is 0 Å². The maximum atomic E-state index is 9.02. The number of hydrogen-bond acceptors (Lipinski definition) is 3. The Hall–Kier alpha value is -0.120. The normalized spacial score (nSPS) is 27.4. The maximum absolute atomic E-state index is 9.02. The summed E-state index contributed by atoms with van der Waals surface area (Å²) in [5.74, 6) is 0. The van der Waals surface area contributed by atoms with Crippen LogP contribution in [-0.4, -0.2) is 47.8 Å². The highest BCUT2D eigenvalue weighted by atomic mass is 16.3. The molecule has 1 heterocycles. The van der Waals surface area contributed by atoms with E-state index in [1.54, 1.807) is 0 Å². The number of likely N-dealkylation sites (tertiary alicyclic amines) is 1. The Bertz CT molecular complexity index is 196. The van der Waals surface area contributed by atoms with Crippen molar-refractivity contribution in [3.8, 4) is 0 Å². The van der Waals surface area contributed by atoms with Crippen molar-refractivity contribution in [2.45, 2.75) is 63.6 Å². The molecule has 0 spiro atoms. The molecular weight excluding hydrogens is 200 g/mol. The van der Waals surface area contributed by atoms with E-state index in [9.17, 15) is 0 Å². The van der Waals surface area contributed by atoms with Crippen LogP contribution in [0.1, 0.15) is 45.4 Å². The molecule has 3 nitrogen and oxygen atoms in total. The number of aliphatic hydroxyl groups is 1. The lowest BCUT2D eigenvalue weighted by Crippen LogP contribution is -2.48. The highest BCUT2D eigenvalue weighted by molar-refractivity contribution is 4.84. The zero-order valence-corrected chi connectivity index (χ0v) is 10.5. The molecular formula is C13H26N2O. The molecule has 1 saturated heterocycles. The van der Waals surface area contributed by atoms with Gasteiger partial charge in [0.1, 0.15) is 0 Å². The van der Waals surface area contributed by atoms with E-state index in [-0.39, 0.29) is 12.6 Å². The van der Waals surface area contributed by atoms with Crippen LogP contribution in [0.4, 0.5) is 0 Å². The van der Waals surface area contributed by atoms with Crippen molar-refractivity contribution in [3.63, 3.8) is 0 Å². The van der Waals surface area contributed by atoms with E-state index in [0.717, 1.165) is 6.04 Å². The summed E-state index contributed by atoms with van der Waals surface area (Å²) < 4.78 is 0. The molecule has 1 aliphatic heterocycles. The van der Waals surface area contributed by atoms with Crippen LogP contribution >= 0.6 is 0 Å². The van der Waals surface area contributed by atoms with Gasteiger partial charge in [-0.15, -0.1) is 0 Å². The molecule has 2 N–H and O–H groups in total. The number of hydrogen-bond donors (Lipinski definition) is 2. The summed E-state index contributed by atoms with van der Waals surface area (Å²) in [5, 5.41) is 12.5. The van der Waals surface area contributed by atoms with Crippen LogP contribution in [0.3, 0.4) is 0 Å². The summed E-state index contributed by atoms with van der Waals surface area (Å²) in [4.78, 5) is 2.69. The molecule has 0 aromatic heterocycles. The number of nitrogens with one attached hydrogen (secondary N) is 1. The van der Waals surface area contributed by atoms with Crippen molar-refractivity contribution in [2.75, 3.05) is 19.7 Å². The molecule has 1 aliphatic carbocycles. The van der Waals surface area contributed by atoms with E-state index >= 15 is 0 Å². The van der Waals surface area contributed by atoms with Crippen molar-refractivity contribution in [2.24, 2.45) is 0 Å². The van der Waals surface area contributed by atoms with E-state index in [1.807, 2.05) is 0 Å². The Labute approximate surface area is 99.2 Å². The lowest BCUT2D eigenvalue weighted by Gasteiger charge is -2.37. The second-order valence-electron chi connectivity index (χ2n) is 5.50. The smallest absolute Gasteiger partial charge is 0.0582 e. The number of piperidine rings is 1. The minimum Gasteiger partial charge on any atom is -0.395 e. The molecule has 0 bridgehead atoms. The van der Waals surface area contributed by atoms with Crippen molar-refractivity contribution >= 4 is 0 Å². The zero-order valence-electron chi connectivity index (χ0n) is 10.5. The van der Waals surface area contributed by atoms with Crippen LogP contribution in [0.5, 0.6) is 0 Å². The van der Waals surface area contributed by atoms with Crippen molar-refractivity contribution < 1.29 is 5.11 Å². The summed E-state index contributed by atoms with van der Waals surface area (Å²) in [6, 6.07) is 1.76. The molecule has 2 fully saturated rings. The Morgan fingerprint density at radius 1 is 1.19 bits per heavy atom. The fourth-order valence-electron chi connectivity index (χ4n) is 3.16.